The number of carbonyl (C=O) groups is 1. The highest BCUT2D eigenvalue weighted by Gasteiger charge is 2.38. The Hall–Kier alpha value is -2.41. The first-order chi connectivity index (χ1) is 12.3. The van der Waals surface area contributed by atoms with Crippen molar-refractivity contribution in [1.29, 1.82) is 0 Å². The van der Waals surface area contributed by atoms with Gasteiger partial charge in [0.25, 0.3) is 0 Å². The smallest absolute Gasteiger partial charge is 0.416 e. The van der Waals surface area contributed by atoms with Crippen LogP contribution < -0.4 is 0 Å². The number of hydrogen-bond donors (Lipinski definition) is 1. The Bertz CT molecular complexity index is 790. The summed E-state index contributed by atoms with van der Waals surface area (Å²) in [6, 6.07) is 7.25. The molecule has 7 heteroatoms. The van der Waals surface area contributed by atoms with Gasteiger partial charge in [0.2, 0.25) is 0 Å². The highest BCUT2D eigenvalue weighted by atomic mass is 19.4. The van der Waals surface area contributed by atoms with Crippen molar-refractivity contribution in [3.63, 3.8) is 0 Å². The first kappa shape index (κ1) is 18.4. The predicted octanol–water partition coefficient (Wildman–Crippen LogP) is 4.05. The number of rotatable bonds is 4. The molecule has 4 nitrogen and oxygen atoms in total. The molecule has 0 saturated carbocycles. The van der Waals surface area contributed by atoms with E-state index in [1.807, 2.05) is 13.0 Å². The summed E-state index contributed by atoms with van der Waals surface area (Å²) in [7, 11) is 0. The van der Waals surface area contributed by atoms with Crippen LogP contribution in [0.5, 0.6) is 0 Å². The van der Waals surface area contributed by atoms with Crippen molar-refractivity contribution in [3.8, 4) is 0 Å². The van der Waals surface area contributed by atoms with Crippen LogP contribution in [-0.4, -0.2) is 33.5 Å². The molecule has 2 heterocycles. The monoisotopic (exact) mass is 364 g/mol. The molecule has 1 saturated heterocycles. The largest absolute Gasteiger partial charge is 0.480 e. The fraction of sp³-hybridized carbons (Fsp3) is 0.368. The molecule has 1 N–H and O–H groups in total. The third-order valence-electron chi connectivity index (χ3n) is 4.65. The molecular formula is C19H19F3N2O2. The molecule has 138 valence electrons. The van der Waals surface area contributed by atoms with E-state index in [1.165, 1.54) is 6.07 Å². The zero-order valence-electron chi connectivity index (χ0n) is 14.2. The number of hydrogen-bond acceptors (Lipinski definition) is 3. The van der Waals surface area contributed by atoms with Crippen molar-refractivity contribution in [1.82, 2.24) is 9.88 Å². The van der Waals surface area contributed by atoms with Crippen molar-refractivity contribution < 1.29 is 23.1 Å². The quantitative estimate of drug-likeness (QED) is 0.889. The topological polar surface area (TPSA) is 53.4 Å². The van der Waals surface area contributed by atoms with Crippen LogP contribution in [0, 0.1) is 6.92 Å². The van der Waals surface area contributed by atoms with Crippen LogP contribution in [0.4, 0.5) is 13.2 Å². The average molecular weight is 364 g/mol. The number of likely N-dealkylation sites (tertiary alicyclic amines) is 1. The Labute approximate surface area is 149 Å². The van der Waals surface area contributed by atoms with Crippen LogP contribution in [0.2, 0.25) is 0 Å². The van der Waals surface area contributed by atoms with E-state index in [-0.39, 0.29) is 0 Å². The van der Waals surface area contributed by atoms with Gasteiger partial charge in [-0.3, -0.25) is 14.7 Å². The van der Waals surface area contributed by atoms with E-state index < -0.39 is 29.8 Å². The van der Waals surface area contributed by atoms with Gasteiger partial charge in [-0.05, 0) is 49.1 Å². The Morgan fingerprint density at radius 1 is 1.31 bits per heavy atom. The maximum atomic E-state index is 13.1. The molecule has 2 aromatic rings. The number of halogens is 3. The van der Waals surface area contributed by atoms with Crippen LogP contribution in [0.3, 0.4) is 0 Å². The molecule has 1 aromatic carbocycles. The number of carboxylic acid groups (broad SMARTS) is 1. The molecule has 1 aromatic heterocycles. The first-order valence-corrected chi connectivity index (χ1v) is 8.35. The normalized spacial score (nSPS) is 19.5. The van der Waals surface area contributed by atoms with E-state index in [0.717, 1.165) is 17.7 Å². The van der Waals surface area contributed by atoms with E-state index in [0.29, 0.717) is 30.6 Å². The van der Waals surface area contributed by atoms with Gasteiger partial charge in [-0.25, -0.2) is 0 Å². The van der Waals surface area contributed by atoms with Gasteiger partial charge >= 0.3 is 12.1 Å². The van der Waals surface area contributed by atoms with Gasteiger partial charge < -0.3 is 5.11 Å². The third-order valence-corrected chi connectivity index (χ3v) is 4.65. The van der Waals surface area contributed by atoms with Gasteiger partial charge in [-0.1, -0.05) is 18.2 Å². The second-order valence-electron chi connectivity index (χ2n) is 6.52. The molecule has 0 bridgehead atoms. The lowest BCUT2D eigenvalue weighted by atomic mass is 9.98. The Kier molecular flexibility index (Phi) is 5.00. The summed E-state index contributed by atoms with van der Waals surface area (Å²) in [5.41, 5.74) is 1.11. The number of alkyl halides is 3. The lowest BCUT2D eigenvalue weighted by Crippen LogP contribution is -2.39. The predicted molar refractivity (Wildman–Crippen MR) is 89.6 cm³/mol. The average Bonchev–Trinajstić information content (AvgIpc) is 3.06. The minimum atomic E-state index is -4.46. The van der Waals surface area contributed by atoms with Gasteiger partial charge in [0.1, 0.15) is 6.04 Å². The minimum absolute atomic E-state index is 0.393. The highest BCUT2D eigenvalue weighted by molar-refractivity contribution is 5.74. The standard InChI is InChI=1S/C19H19F3N2O2/c1-12-7-8-15(23-11-12)17(24-9-3-6-16(24)18(25)26)13-4-2-5-14(10-13)19(20,21)22/h2,4-5,7-8,10-11,16-17H,3,6,9H2,1H3,(H,25,26). The van der Waals surface area contributed by atoms with E-state index in [9.17, 15) is 23.1 Å². The summed E-state index contributed by atoms with van der Waals surface area (Å²) in [6.07, 6.45) is -1.67. The van der Waals surface area contributed by atoms with Gasteiger partial charge in [-0.15, -0.1) is 0 Å². The summed E-state index contributed by atoms with van der Waals surface area (Å²) in [4.78, 5) is 17.7. The number of pyridine rings is 1. The van der Waals surface area contributed by atoms with Crippen LogP contribution in [0.25, 0.3) is 0 Å². The fourth-order valence-electron chi connectivity index (χ4n) is 3.42. The van der Waals surface area contributed by atoms with E-state index in [4.69, 9.17) is 0 Å². The first-order valence-electron chi connectivity index (χ1n) is 8.35. The Morgan fingerprint density at radius 2 is 2.08 bits per heavy atom. The molecule has 26 heavy (non-hydrogen) atoms. The number of carboxylic acids is 1. The second kappa shape index (κ2) is 7.07. The molecule has 1 aliphatic heterocycles. The van der Waals surface area contributed by atoms with Crippen molar-refractivity contribution in [2.24, 2.45) is 0 Å². The maximum absolute atomic E-state index is 13.1. The van der Waals surface area contributed by atoms with Crippen LogP contribution in [0.1, 0.15) is 41.3 Å². The molecule has 0 spiro atoms. The summed E-state index contributed by atoms with van der Waals surface area (Å²) < 4.78 is 39.4. The zero-order valence-corrected chi connectivity index (χ0v) is 14.2. The van der Waals surface area contributed by atoms with Crippen LogP contribution in [0.15, 0.2) is 42.6 Å². The molecule has 0 amide bonds. The van der Waals surface area contributed by atoms with Crippen molar-refractivity contribution >= 4 is 5.97 Å². The van der Waals surface area contributed by atoms with Crippen molar-refractivity contribution in [3.05, 3.63) is 65.0 Å². The van der Waals surface area contributed by atoms with Crippen molar-refractivity contribution in [2.75, 3.05) is 6.54 Å². The fourth-order valence-corrected chi connectivity index (χ4v) is 3.42. The van der Waals surface area contributed by atoms with Gasteiger partial charge in [0.05, 0.1) is 17.3 Å². The minimum Gasteiger partial charge on any atom is -0.480 e. The number of benzene rings is 1. The lowest BCUT2D eigenvalue weighted by molar-refractivity contribution is -0.143. The van der Waals surface area contributed by atoms with Crippen molar-refractivity contribution in [2.45, 2.75) is 38.0 Å². The van der Waals surface area contributed by atoms with E-state index >= 15 is 0 Å². The molecule has 0 aliphatic carbocycles. The SMILES string of the molecule is Cc1ccc(C(c2cccc(C(F)(F)F)c2)N2CCCC2C(=O)O)nc1. The Balaban J connectivity index is 2.09. The third kappa shape index (κ3) is 3.72. The maximum Gasteiger partial charge on any atom is 0.416 e. The second-order valence-corrected chi connectivity index (χ2v) is 6.52. The lowest BCUT2D eigenvalue weighted by Gasteiger charge is -2.31. The summed E-state index contributed by atoms with van der Waals surface area (Å²) in [6.45, 7) is 2.36. The molecule has 0 radical (unpaired) electrons. The van der Waals surface area contributed by atoms with Crippen LogP contribution in [-0.2, 0) is 11.0 Å². The number of aryl methyl sites for hydroxylation is 1. The van der Waals surface area contributed by atoms with Gasteiger partial charge in [-0.2, -0.15) is 13.2 Å². The number of aromatic nitrogens is 1. The summed E-state index contributed by atoms with van der Waals surface area (Å²) >= 11 is 0. The molecule has 2 atom stereocenters. The summed E-state index contributed by atoms with van der Waals surface area (Å²) in [5.74, 6) is -0.966. The van der Waals surface area contributed by atoms with Crippen LogP contribution >= 0.6 is 0 Å². The molecule has 1 aliphatic rings. The Morgan fingerprint density at radius 3 is 2.69 bits per heavy atom. The number of aliphatic carboxylic acids is 1. The van der Waals surface area contributed by atoms with Gasteiger partial charge in [0.15, 0.2) is 0 Å². The van der Waals surface area contributed by atoms with E-state index in [2.05, 4.69) is 4.98 Å². The molecular weight excluding hydrogens is 345 g/mol. The molecule has 1 fully saturated rings. The molecule has 2 unspecified atom stereocenters. The van der Waals surface area contributed by atoms with Gasteiger partial charge in [0, 0.05) is 12.7 Å². The molecule has 3 rings (SSSR count). The van der Waals surface area contributed by atoms with E-state index in [1.54, 1.807) is 23.2 Å². The zero-order chi connectivity index (χ0) is 18.9. The highest BCUT2D eigenvalue weighted by Crippen LogP contribution is 2.37. The summed E-state index contributed by atoms with van der Waals surface area (Å²) in [5, 5.41) is 9.51. The number of nitrogens with zero attached hydrogens (tertiary/aromatic N) is 2.